The molecule has 0 atom stereocenters. The molecule has 0 aliphatic carbocycles. The van der Waals surface area contributed by atoms with Gasteiger partial charge in [0.25, 0.3) is 10.1 Å². The lowest BCUT2D eigenvalue weighted by atomic mass is 10.1. The lowest BCUT2D eigenvalue weighted by Crippen LogP contribution is -2.63. The van der Waals surface area contributed by atoms with E-state index in [1.807, 2.05) is 4.90 Å². The summed E-state index contributed by atoms with van der Waals surface area (Å²) in [6.45, 7) is 2.29. The molecule has 2 saturated heterocycles. The average molecular weight is 193 g/mol. The molecule has 0 saturated carbocycles. The molecule has 2 heterocycles. The van der Waals surface area contributed by atoms with E-state index in [2.05, 4.69) is 0 Å². The first-order chi connectivity index (χ1) is 5.57. The van der Waals surface area contributed by atoms with Crippen molar-refractivity contribution in [3.8, 4) is 0 Å². The normalized spacial score (nSPS) is 28.1. The van der Waals surface area contributed by atoms with Crippen LogP contribution in [0.5, 0.6) is 0 Å². The first kappa shape index (κ1) is 8.43. The minimum Gasteiger partial charge on any atom is -0.378 e. The third-order valence-corrected chi connectivity index (χ3v) is 3.58. The maximum atomic E-state index is 10.6. The highest BCUT2D eigenvalue weighted by atomic mass is 32.2. The summed E-state index contributed by atoms with van der Waals surface area (Å²) in [5, 5.41) is -0.571. The van der Waals surface area contributed by atoms with Crippen LogP contribution in [0, 0.1) is 0 Å². The number of hydrogen-bond acceptors (Lipinski definition) is 4. The van der Waals surface area contributed by atoms with Crippen LogP contribution >= 0.6 is 0 Å². The lowest BCUT2D eigenvalue weighted by molar-refractivity contribution is -0.0835. The van der Waals surface area contributed by atoms with Gasteiger partial charge in [-0.2, -0.15) is 8.42 Å². The molecular formula is C6H11NO4S. The molecule has 0 amide bonds. The van der Waals surface area contributed by atoms with Crippen molar-refractivity contribution >= 4 is 10.1 Å². The summed E-state index contributed by atoms with van der Waals surface area (Å²) in [7, 11) is -3.80. The minimum atomic E-state index is -3.80. The first-order valence-electron chi connectivity index (χ1n) is 3.85. The lowest BCUT2D eigenvalue weighted by Gasteiger charge is -2.45. The number of ether oxygens (including phenoxy) is 1. The third-order valence-electron chi connectivity index (χ3n) is 2.43. The molecule has 0 aromatic heterocycles. The molecule has 2 rings (SSSR count). The van der Waals surface area contributed by atoms with E-state index in [1.165, 1.54) is 0 Å². The molecule has 6 heteroatoms. The number of rotatable bonds is 2. The van der Waals surface area contributed by atoms with Crippen LogP contribution in [-0.4, -0.2) is 55.5 Å². The van der Waals surface area contributed by atoms with Gasteiger partial charge in [-0.05, 0) is 0 Å². The molecule has 0 aromatic carbocycles. The molecule has 2 aliphatic heterocycles. The monoisotopic (exact) mass is 193 g/mol. The van der Waals surface area contributed by atoms with Gasteiger partial charge in [0.05, 0.1) is 19.3 Å². The maximum Gasteiger partial charge on any atom is 0.270 e. The molecule has 2 aliphatic rings. The zero-order valence-corrected chi connectivity index (χ0v) is 7.33. The molecule has 70 valence electrons. The van der Waals surface area contributed by atoms with Gasteiger partial charge in [0.2, 0.25) is 0 Å². The van der Waals surface area contributed by atoms with Gasteiger partial charge < -0.3 is 4.74 Å². The van der Waals surface area contributed by atoms with Crippen LogP contribution < -0.4 is 0 Å². The van der Waals surface area contributed by atoms with Gasteiger partial charge in [-0.1, -0.05) is 0 Å². The van der Waals surface area contributed by atoms with Crippen LogP contribution in [0.3, 0.4) is 0 Å². The second-order valence-corrected chi connectivity index (χ2v) is 4.98. The SMILES string of the molecule is O=S(=O)(O)C1CN(C2COC2)C1. The molecule has 0 unspecified atom stereocenters. The highest BCUT2D eigenvalue weighted by molar-refractivity contribution is 7.86. The standard InChI is InChI=1S/C6H11NO4S/c8-12(9,10)6-1-7(2-6)5-3-11-4-5/h5-6H,1-4H2,(H,8,9,10). The van der Waals surface area contributed by atoms with E-state index < -0.39 is 15.4 Å². The predicted octanol–water partition coefficient (Wildman–Crippen LogP) is -1.04. The number of hydrogen-bond donors (Lipinski definition) is 1. The highest BCUT2D eigenvalue weighted by Gasteiger charge is 2.41. The number of likely N-dealkylation sites (tertiary alicyclic amines) is 1. The molecule has 0 spiro atoms. The van der Waals surface area contributed by atoms with E-state index in [1.54, 1.807) is 0 Å². The van der Waals surface area contributed by atoms with Crippen molar-refractivity contribution in [2.24, 2.45) is 0 Å². The van der Waals surface area contributed by atoms with Crippen LogP contribution in [0.1, 0.15) is 0 Å². The van der Waals surface area contributed by atoms with E-state index in [0.29, 0.717) is 32.3 Å². The largest absolute Gasteiger partial charge is 0.378 e. The van der Waals surface area contributed by atoms with E-state index in [4.69, 9.17) is 9.29 Å². The van der Waals surface area contributed by atoms with Gasteiger partial charge in [0.15, 0.2) is 0 Å². The van der Waals surface area contributed by atoms with Gasteiger partial charge in [-0.3, -0.25) is 9.45 Å². The summed E-state index contributed by atoms with van der Waals surface area (Å²) in [6.07, 6.45) is 0. The predicted molar refractivity (Wildman–Crippen MR) is 41.5 cm³/mol. The summed E-state index contributed by atoms with van der Waals surface area (Å²) in [4.78, 5) is 2.02. The molecule has 5 nitrogen and oxygen atoms in total. The highest BCUT2D eigenvalue weighted by Crippen LogP contribution is 2.21. The minimum absolute atomic E-state index is 0.378. The van der Waals surface area contributed by atoms with Crippen molar-refractivity contribution in [1.82, 2.24) is 4.90 Å². The molecule has 12 heavy (non-hydrogen) atoms. The summed E-state index contributed by atoms with van der Waals surface area (Å²) in [5.41, 5.74) is 0. The molecule has 0 radical (unpaired) electrons. The van der Waals surface area contributed by atoms with E-state index >= 15 is 0 Å². The van der Waals surface area contributed by atoms with Crippen molar-refractivity contribution in [2.75, 3.05) is 26.3 Å². The Balaban J connectivity index is 1.83. The quantitative estimate of drug-likeness (QED) is 0.567. The van der Waals surface area contributed by atoms with Crippen molar-refractivity contribution in [2.45, 2.75) is 11.3 Å². The Hall–Kier alpha value is -0.170. The Bertz CT molecular complexity index is 265. The van der Waals surface area contributed by atoms with Crippen molar-refractivity contribution < 1.29 is 17.7 Å². The number of nitrogens with zero attached hydrogens (tertiary/aromatic N) is 1. The molecule has 2 fully saturated rings. The van der Waals surface area contributed by atoms with Crippen LogP contribution in [0.15, 0.2) is 0 Å². The van der Waals surface area contributed by atoms with Gasteiger partial charge in [0, 0.05) is 13.1 Å². The molecule has 1 N–H and O–H groups in total. The van der Waals surface area contributed by atoms with Gasteiger partial charge in [0.1, 0.15) is 5.25 Å². The van der Waals surface area contributed by atoms with Crippen LogP contribution in [0.2, 0.25) is 0 Å². The summed E-state index contributed by atoms with van der Waals surface area (Å²) < 4.78 is 34.8. The van der Waals surface area contributed by atoms with Crippen molar-refractivity contribution in [3.63, 3.8) is 0 Å². The second-order valence-electron chi connectivity index (χ2n) is 3.28. The van der Waals surface area contributed by atoms with Crippen molar-refractivity contribution in [1.29, 1.82) is 0 Å². The Kier molecular flexibility index (Phi) is 1.87. The fourth-order valence-corrected chi connectivity index (χ4v) is 2.15. The summed E-state index contributed by atoms with van der Waals surface area (Å²) in [6, 6.07) is 0.378. The Morgan fingerprint density at radius 3 is 2.25 bits per heavy atom. The van der Waals surface area contributed by atoms with Gasteiger partial charge in [-0.15, -0.1) is 0 Å². The van der Waals surface area contributed by atoms with Crippen LogP contribution in [0.25, 0.3) is 0 Å². The summed E-state index contributed by atoms with van der Waals surface area (Å²) in [5.74, 6) is 0. The smallest absolute Gasteiger partial charge is 0.270 e. The van der Waals surface area contributed by atoms with Gasteiger partial charge >= 0.3 is 0 Å². The second kappa shape index (κ2) is 2.66. The zero-order valence-electron chi connectivity index (χ0n) is 6.51. The van der Waals surface area contributed by atoms with E-state index in [-0.39, 0.29) is 0 Å². The molecule has 0 bridgehead atoms. The Labute approximate surface area is 71.1 Å². The Morgan fingerprint density at radius 2 is 1.92 bits per heavy atom. The fourth-order valence-electron chi connectivity index (χ4n) is 1.39. The maximum absolute atomic E-state index is 10.6. The van der Waals surface area contributed by atoms with Gasteiger partial charge in [-0.25, -0.2) is 0 Å². The topological polar surface area (TPSA) is 66.8 Å². The van der Waals surface area contributed by atoms with Crippen LogP contribution in [-0.2, 0) is 14.9 Å². The van der Waals surface area contributed by atoms with E-state index in [0.717, 1.165) is 0 Å². The van der Waals surface area contributed by atoms with E-state index in [9.17, 15) is 8.42 Å². The summed E-state index contributed by atoms with van der Waals surface area (Å²) >= 11 is 0. The zero-order chi connectivity index (χ0) is 8.77. The van der Waals surface area contributed by atoms with Crippen molar-refractivity contribution in [3.05, 3.63) is 0 Å². The fraction of sp³-hybridized carbons (Fsp3) is 1.00. The molecular weight excluding hydrogens is 182 g/mol. The first-order valence-corrected chi connectivity index (χ1v) is 5.36. The van der Waals surface area contributed by atoms with Crippen LogP contribution in [0.4, 0.5) is 0 Å². The third kappa shape index (κ3) is 1.35. The average Bonchev–Trinajstić information content (AvgIpc) is 1.67. The molecule has 0 aromatic rings. The Morgan fingerprint density at radius 1 is 1.33 bits per heavy atom.